The van der Waals surface area contributed by atoms with Crippen LogP contribution in [0.4, 0.5) is 0 Å². The van der Waals surface area contributed by atoms with Crippen molar-refractivity contribution in [3.63, 3.8) is 0 Å². The molecular weight excluding hydrogens is 316 g/mol. The Hall–Kier alpha value is -1.68. The molecule has 0 radical (unpaired) electrons. The van der Waals surface area contributed by atoms with E-state index in [0.717, 1.165) is 34.6 Å². The Balaban J connectivity index is 2.30. The molecular formula is C16H17BrN2O. The molecule has 1 aromatic carbocycles. The van der Waals surface area contributed by atoms with Crippen molar-refractivity contribution in [3.05, 3.63) is 52.4 Å². The number of benzene rings is 1. The highest BCUT2D eigenvalue weighted by atomic mass is 79.9. The maximum atomic E-state index is 5.90. The first-order valence-corrected chi connectivity index (χ1v) is 7.45. The molecule has 0 bridgehead atoms. The summed E-state index contributed by atoms with van der Waals surface area (Å²) in [5.41, 5.74) is 1.03. The number of ether oxygens (including phenoxy) is 1. The lowest BCUT2D eigenvalue weighted by Gasteiger charge is -2.09. The van der Waals surface area contributed by atoms with Crippen LogP contribution in [0.5, 0.6) is 11.6 Å². The molecule has 2 aromatic rings. The van der Waals surface area contributed by atoms with Gasteiger partial charge < -0.3 is 4.74 Å². The van der Waals surface area contributed by atoms with Crippen molar-refractivity contribution < 1.29 is 4.74 Å². The zero-order chi connectivity index (χ0) is 14.4. The van der Waals surface area contributed by atoms with E-state index in [4.69, 9.17) is 4.74 Å². The summed E-state index contributed by atoms with van der Waals surface area (Å²) in [4.78, 5) is 8.77. The molecule has 0 saturated carbocycles. The highest BCUT2D eigenvalue weighted by Crippen LogP contribution is 2.26. The average molecular weight is 333 g/mol. The Morgan fingerprint density at radius 1 is 1.25 bits per heavy atom. The van der Waals surface area contributed by atoms with Crippen molar-refractivity contribution in [1.29, 1.82) is 0 Å². The van der Waals surface area contributed by atoms with Crippen molar-refractivity contribution in [1.82, 2.24) is 9.97 Å². The predicted octanol–water partition coefficient (Wildman–Crippen LogP) is 5.02. The molecule has 104 valence electrons. The Bertz CT molecular complexity index is 611. The van der Waals surface area contributed by atoms with Crippen LogP contribution < -0.4 is 4.74 Å². The molecule has 0 amide bonds. The number of allylic oxidation sites excluding steroid dienone is 1. The minimum atomic E-state index is 0.562. The molecule has 0 N–H and O–H groups in total. The van der Waals surface area contributed by atoms with Crippen LogP contribution in [0.2, 0.25) is 0 Å². The standard InChI is InChI=1S/C16H17BrN2O/c1-3-7-12-9-5-6-10-13(12)20-16-11-14(17)18-15(19-16)8-4-2/h3,5-7,9-11H,4,8H2,1-2H3/b7-3+. The lowest BCUT2D eigenvalue weighted by atomic mass is 10.2. The summed E-state index contributed by atoms with van der Waals surface area (Å²) in [5.74, 6) is 2.14. The van der Waals surface area contributed by atoms with Crippen molar-refractivity contribution in [2.75, 3.05) is 0 Å². The molecule has 0 fully saturated rings. The molecule has 0 atom stereocenters. The molecule has 4 heteroatoms. The van der Waals surface area contributed by atoms with Crippen LogP contribution in [0.1, 0.15) is 31.7 Å². The molecule has 0 aliphatic rings. The third-order valence-electron chi connectivity index (χ3n) is 2.67. The largest absolute Gasteiger partial charge is 0.438 e. The quantitative estimate of drug-likeness (QED) is 0.721. The van der Waals surface area contributed by atoms with E-state index < -0.39 is 0 Å². The van der Waals surface area contributed by atoms with E-state index in [1.807, 2.05) is 43.3 Å². The lowest BCUT2D eigenvalue weighted by Crippen LogP contribution is -1.98. The van der Waals surface area contributed by atoms with Gasteiger partial charge in [0, 0.05) is 18.1 Å². The Labute approximate surface area is 127 Å². The highest BCUT2D eigenvalue weighted by Gasteiger charge is 2.06. The third-order valence-corrected chi connectivity index (χ3v) is 3.08. The second-order valence-corrected chi connectivity index (χ2v) is 5.15. The molecule has 1 aromatic heterocycles. The van der Waals surface area contributed by atoms with Crippen LogP contribution in [-0.4, -0.2) is 9.97 Å². The first-order chi connectivity index (χ1) is 9.72. The summed E-state index contributed by atoms with van der Waals surface area (Å²) in [7, 11) is 0. The van der Waals surface area contributed by atoms with E-state index in [1.165, 1.54) is 0 Å². The number of hydrogen-bond donors (Lipinski definition) is 0. The lowest BCUT2D eigenvalue weighted by molar-refractivity contribution is 0.456. The van der Waals surface area contributed by atoms with Crippen LogP contribution in [0.15, 0.2) is 41.0 Å². The van der Waals surface area contributed by atoms with Crippen LogP contribution in [-0.2, 0) is 6.42 Å². The van der Waals surface area contributed by atoms with Crippen LogP contribution >= 0.6 is 15.9 Å². The zero-order valence-electron chi connectivity index (χ0n) is 11.6. The average Bonchev–Trinajstić information content (AvgIpc) is 2.41. The third kappa shape index (κ3) is 3.90. The van der Waals surface area contributed by atoms with E-state index in [2.05, 4.69) is 32.8 Å². The van der Waals surface area contributed by atoms with Crippen LogP contribution in [0.25, 0.3) is 6.08 Å². The fourth-order valence-electron chi connectivity index (χ4n) is 1.83. The highest BCUT2D eigenvalue weighted by molar-refractivity contribution is 9.10. The second-order valence-electron chi connectivity index (χ2n) is 4.34. The smallest absolute Gasteiger partial charge is 0.223 e. The van der Waals surface area contributed by atoms with E-state index in [-0.39, 0.29) is 0 Å². The Morgan fingerprint density at radius 3 is 2.80 bits per heavy atom. The predicted molar refractivity (Wildman–Crippen MR) is 85.0 cm³/mol. The van der Waals surface area contributed by atoms with Gasteiger partial charge in [-0.05, 0) is 35.3 Å². The van der Waals surface area contributed by atoms with Gasteiger partial charge in [0.25, 0.3) is 0 Å². The first-order valence-electron chi connectivity index (χ1n) is 6.66. The number of hydrogen-bond acceptors (Lipinski definition) is 3. The summed E-state index contributed by atoms with van der Waals surface area (Å²) in [6, 6.07) is 9.67. The fraction of sp³-hybridized carbons (Fsp3) is 0.250. The molecule has 3 nitrogen and oxygen atoms in total. The van der Waals surface area contributed by atoms with Gasteiger partial charge >= 0.3 is 0 Å². The van der Waals surface area contributed by atoms with Crippen molar-refractivity contribution in [2.45, 2.75) is 26.7 Å². The van der Waals surface area contributed by atoms with Crippen molar-refractivity contribution >= 4 is 22.0 Å². The number of aryl methyl sites for hydroxylation is 1. The summed E-state index contributed by atoms with van der Waals surface area (Å²) >= 11 is 3.40. The maximum absolute atomic E-state index is 5.90. The minimum Gasteiger partial charge on any atom is -0.438 e. The van der Waals surface area contributed by atoms with Gasteiger partial charge in [0.2, 0.25) is 5.88 Å². The molecule has 2 rings (SSSR count). The van der Waals surface area contributed by atoms with Gasteiger partial charge in [-0.15, -0.1) is 0 Å². The fourth-order valence-corrected chi connectivity index (χ4v) is 2.23. The SMILES string of the molecule is C/C=C/c1ccccc1Oc1cc(Br)nc(CCC)n1. The monoisotopic (exact) mass is 332 g/mol. The molecule has 0 spiro atoms. The topological polar surface area (TPSA) is 35.0 Å². The normalized spacial score (nSPS) is 10.9. The van der Waals surface area contributed by atoms with Gasteiger partial charge in [0.15, 0.2) is 0 Å². The molecule has 20 heavy (non-hydrogen) atoms. The van der Waals surface area contributed by atoms with E-state index in [0.29, 0.717) is 5.88 Å². The maximum Gasteiger partial charge on any atom is 0.223 e. The minimum absolute atomic E-state index is 0.562. The molecule has 0 aliphatic heterocycles. The van der Waals surface area contributed by atoms with E-state index in [9.17, 15) is 0 Å². The zero-order valence-corrected chi connectivity index (χ0v) is 13.2. The molecule has 0 aliphatic carbocycles. The van der Waals surface area contributed by atoms with Gasteiger partial charge in [0.1, 0.15) is 16.2 Å². The van der Waals surface area contributed by atoms with Gasteiger partial charge in [0.05, 0.1) is 0 Å². The van der Waals surface area contributed by atoms with Crippen LogP contribution in [0, 0.1) is 0 Å². The van der Waals surface area contributed by atoms with Crippen molar-refractivity contribution in [3.8, 4) is 11.6 Å². The summed E-state index contributed by atoms with van der Waals surface area (Å²) in [6.45, 7) is 4.09. The van der Waals surface area contributed by atoms with Crippen LogP contribution in [0.3, 0.4) is 0 Å². The number of para-hydroxylation sites is 1. The van der Waals surface area contributed by atoms with Gasteiger partial charge in [-0.25, -0.2) is 4.98 Å². The number of aromatic nitrogens is 2. The molecule has 0 unspecified atom stereocenters. The second kappa shape index (κ2) is 7.20. The summed E-state index contributed by atoms with van der Waals surface area (Å²) in [6.07, 6.45) is 5.84. The Morgan fingerprint density at radius 2 is 2.05 bits per heavy atom. The van der Waals surface area contributed by atoms with Crippen molar-refractivity contribution in [2.24, 2.45) is 0 Å². The van der Waals surface area contributed by atoms with E-state index >= 15 is 0 Å². The number of rotatable bonds is 5. The van der Waals surface area contributed by atoms with Gasteiger partial charge in [-0.2, -0.15) is 4.98 Å². The molecule has 1 heterocycles. The molecule has 0 saturated heterocycles. The van der Waals surface area contributed by atoms with E-state index in [1.54, 1.807) is 6.07 Å². The summed E-state index contributed by atoms with van der Waals surface area (Å²) in [5, 5.41) is 0. The van der Waals surface area contributed by atoms with Gasteiger partial charge in [-0.3, -0.25) is 0 Å². The Kier molecular flexibility index (Phi) is 5.30. The number of halogens is 1. The first kappa shape index (κ1) is 14.7. The van der Waals surface area contributed by atoms with Gasteiger partial charge in [-0.1, -0.05) is 37.3 Å². The summed E-state index contributed by atoms with van der Waals surface area (Å²) < 4.78 is 6.64. The number of nitrogens with zero attached hydrogens (tertiary/aromatic N) is 2.